The zero-order valence-corrected chi connectivity index (χ0v) is 12.1. The third kappa shape index (κ3) is 4.57. The first kappa shape index (κ1) is 16.0. The first-order valence-electron chi connectivity index (χ1n) is 6.64. The number of benzene rings is 1. The van der Waals surface area contributed by atoms with Crippen LogP contribution in [0.25, 0.3) is 0 Å². The fourth-order valence-electron chi connectivity index (χ4n) is 1.96. The summed E-state index contributed by atoms with van der Waals surface area (Å²) in [5.41, 5.74) is 1.05. The Morgan fingerprint density at radius 1 is 1.30 bits per heavy atom. The van der Waals surface area contributed by atoms with E-state index in [-0.39, 0.29) is 18.2 Å². The van der Waals surface area contributed by atoms with Crippen molar-refractivity contribution in [1.82, 2.24) is 5.32 Å². The molecular weight excluding hydrogens is 258 g/mol. The van der Waals surface area contributed by atoms with Crippen LogP contribution in [-0.4, -0.2) is 30.1 Å². The second-order valence-corrected chi connectivity index (χ2v) is 4.71. The van der Waals surface area contributed by atoms with Crippen LogP contribution in [0.15, 0.2) is 24.3 Å². The zero-order valence-electron chi connectivity index (χ0n) is 12.1. The lowest BCUT2D eigenvalue weighted by molar-refractivity contribution is -0.141. The third-order valence-electron chi connectivity index (χ3n) is 3.26. The van der Waals surface area contributed by atoms with E-state index >= 15 is 0 Å². The predicted octanol–water partition coefficient (Wildman–Crippen LogP) is 2.17. The molecule has 0 fully saturated rings. The number of carboxylic acids is 1. The quantitative estimate of drug-likeness (QED) is 0.802. The summed E-state index contributed by atoms with van der Waals surface area (Å²) in [5, 5.41) is 11.2. The average Bonchev–Trinajstić information content (AvgIpc) is 2.44. The number of hydrogen-bond donors (Lipinski definition) is 2. The molecule has 20 heavy (non-hydrogen) atoms. The molecule has 0 heterocycles. The number of amides is 1. The fourth-order valence-corrected chi connectivity index (χ4v) is 1.96. The van der Waals surface area contributed by atoms with Gasteiger partial charge in [0.1, 0.15) is 11.8 Å². The lowest BCUT2D eigenvalue weighted by atomic mass is 9.93. The maximum Gasteiger partial charge on any atom is 0.325 e. The zero-order chi connectivity index (χ0) is 15.1. The monoisotopic (exact) mass is 279 g/mol. The molecule has 0 saturated carbocycles. The smallest absolute Gasteiger partial charge is 0.325 e. The molecule has 2 atom stereocenters. The van der Waals surface area contributed by atoms with Gasteiger partial charge in [-0.25, -0.2) is 0 Å². The number of nitrogens with one attached hydrogen (secondary N) is 1. The minimum absolute atomic E-state index is 0.0712. The van der Waals surface area contributed by atoms with Gasteiger partial charge in [-0.15, -0.1) is 0 Å². The van der Waals surface area contributed by atoms with Crippen LogP contribution in [-0.2, 0) is 9.59 Å². The molecule has 1 aromatic rings. The first-order chi connectivity index (χ1) is 9.47. The van der Waals surface area contributed by atoms with Gasteiger partial charge in [0.2, 0.25) is 5.91 Å². The van der Waals surface area contributed by atoms with Crippen molar-refractivity contribution in [2.24, 2.45) is 0 Å². The Labute approximate surface area is 118 Å². The number of carboxylic acid groups (broad SMARTS) is 1. The molecule has 0 radical (unpaired) electrons. The second-order valence-electron chi connectivity index (χ2n) is 4.71. The normalized spacial score (nSPS) is 13.3. The number of carbonyl (C=O) groups excluding carboxylic acids is 1. The SMILES string of the molecule is CCC(CC(=O)NC(C)C(=O)O)c1ccc(OC)cc1. The van der Waals surface area contributed by atoms with E-state index in [2.05, 4.69) is 5.32 Å². The number of rotatable bonds is 7. The van der Waals surface area contributed by atoms with E-state index in [1.807, 2.05) is 31.2 Å². The predicted molar refractivity (Wildman–Crippen MR) is 75.9 cm³/mol. The topological polar surface area (TPSA) is 75.6 Å². The molecule has 0 spiro atoms. The molecule has 5 nitrogen and oxygen atoms in total. The molecular formula is C15H21NO4. The van der Waals surface area contributed by atoms with Gasteiger partial charge in [0, 0.05) is 6.42 Å². The number of carbonyl (C=O) groups is 2. The summed E-state index contributed by atoms with van der Waals surface area (Å²) in [5.74, 6) is -0.437. The molecule has 1 rings (SSSR count). The van der Waals surface area contributed by atoms with Crippen LogP contribution in [0.4, 0.5) is 0 Å². The lowest BCUT2D eigenvalue weighted by Gasteiger charge is -2.17. The van der Waals surface area contributed by atoms with Crippen molar-refractivity contribution >= 4 is 11.9 Å². The molecule has 1 aromatic carbocycles. The maximum atomic E-state index is 11.8. The molecule has 0 saturated heterocycles. The molecule has 1 amide bonds. The Morgan fingerprint density at radius 3 is 2.35 bits per heavy atom. The second kappa shape index (κ2) is 7.53. The minimum Gasteiger partial charge on any atom is -0.497 e. The third-order valence-corrected chi connectivity index (χ3v) is 3.26. The van der Waals surface area contributed by atoms with Gasteiger partial charge in [0.15, 0.2) is 0 Å². The van der Waals surface area contributed by atoms with Crippen molar-refractivity contribution in [3.05, 3.63) is 29.8 Å². The molecule has 0 bridgehead atoms. The summed E-state index contributed by atoms with van der Waals surface area (Å²) in [6, 6.07) is 6.71. The largest absolute Gasteiger partial charge is 0.497 e. The number of hydrogen-bond acceptors (Lipinski definition) is 3. The van der Waals surface area contributed by atoms with Crippen LogP contribution in [0.5, 0.6) is 5.75 Å². The van der Waals surface area contributed by atoms with Gasteiger partial charge in [-0.1, -0.05) is 19.1 Å². The van der Waals surface area contributed by atoms with Crippen molar-refractivity contribution in [2.45, 2.75) is 38.6 Å². The van der Waals surface area contributed by atoms with Crippen molar-refractivity contribution < 1.29 is 19.4 Å². The molecule has 0 aliphatic rings. The van der Waals surface area contributed by atoms with E-state index in [0.717, 1.165) is 17.7 Å². The lowest BCUT2D eigenvalue weighted by Crippen LogP contribution is -2.38. The summed E-state index contributed by atoms with van der Waals surface area (Å²) in [7, 11) is 1.60. The minimum atomic E-state index is -1.03. The summed E-state index contributed by atoms with van der Waals surface area (Å²) >= 11 is 0. The van der Waals surface area contributed by atoms with Crippen molar-refractivity contribution in [3.63, 3.8) is 0 Å². The van der Waals surface area contributed by atoms with Gasteiger partial charge in [0.05, 0.1) is 7.11 Å². The average molecular weight is 279 g/mol. The number of aliphatic carboxylic acids is 1. The summed E-state index contributed by atoms with van der Waals surface area (Å²) in [6.45, 7) is 3.46. The highest BCUT2D eigenvalue weighted by Crippen LogP contribution is 2.25. The van der Waals surface area contributed by atoms with Crippen LogP contribution in [0.3, 0.4) is 0 Å². The van der Waals surface area contributed by atoms with E-state index < -0.39 is 12.0 Å². The van der Waals surface area contributed by atoms with Gasteiger partial charge < -0.3 is 15.2 Å². The number of ether oxygens (including phenoxy) is 1. The van der Waals surface area contributed by atoms with Crippen LogP contribution < -0.4 is 10.1 Å². The maximum absolute atomic E-state index is 11.8. The Hall–Kier alpha value is -2.04. The molecule has 2 N–H and O–H groups in total. The van der Waals surface area contributed by atoms with Gasteiger partial charge in [-0.3, -0.25) is 9.59 Å². The van der Waals surface area contributed by atoms with Crippen molar-refractivity contribution in [1.29, 1.82) is 0 Å². The van der Waals surface area contributed by atoms with Crippen LogP contribution in [0.1, 0.15) is 38.2 Å². The molecule has 2 unspecified atom stereocenters. The van der Waals surface area contributed by atoms with Gasteiger partial charge >= 0.3 is 5.97 Å². The Balaban J connectivity index is 2.66. The molecule has 0 aromatic heterocycles. The first-order valence-corrected chi connectivity index (χ1v) is 6.64. The van der Waals surface area contributed by atoms with Gasteiger partial charge in [0.25, 0.3) is 0 Å². The number of methoxy groups -OCH3 is 1. The van der Waals surface area contributed by atoms with Crippen LogP contribution in [0.2, 0.25) is 0 Å². The highest BCUT2D eigenvalue weighted by atomic mass is 16.5. The van der Waals surface area contributed by atoms with E-state index in [0.29, 0.717) is 0 Å². The molecule has 110 valence electrons. The summed E-state index contributed by atoms with van der Waals surface area (Å²) in [4.78, 5) is 22.5. The van der Waals surface area contributed by atoms with Crippen LogP contribution >= 0.6 is 0 Å². The van der Waals surface area contributed by atoms with Gasteiger partial charge in [-0.2, -0.15) is 0 Å². The highest BCUT2D eigenvalue weighted by Gasteiger charge is 2.18. The molecule has 0 aliphatic carbocycles. The fraction of sp³-hybridized carbons (Fsp3) is 0.467. The molecule has 0 aliphatic heterocycles. The van der Waals surface area contributed by atoms with E-state index in [1.54, 1.807) is 7.11 Å². The summed E-state index contributed by atoms with van der Waals surface area (Å²) in [6.07, 6.45) is 1.08. The Kier molecular flexibility index (Phi) is 6.03. The van der Waals surface area contributed by atoms with Crippen molar-refractivity contribution in [2.75, 3.05) is 7.11 Å². The standard InChI is InChI=1S/C15H21NO4/c1-4-11(9-14(17)16-10(2)15(18)19)12-5-7-13(20-3)8-6-12/h5-8,10-11H,4,9H2,1-3H3,(H,16,17)(H,18,19). The summed E-state index contributed by atoms with van der Waals surface area (Å²) < 4.78 is 5.10. The van der Waals surface area contributed by atoms with E-state index in [9.17, 15) is 9.59 Å². The highest BCUT2D eigenvalue weighted by molar-refractivity contribution is 5.83. The van der Waals surface area contributed by atoms with Crippen LogP contribution in [0, 0.1) is 0 Å². The van der Waals surface area contributed by atoms with Crippen molar-refractivity contribution in [3.8, 4) is 5.75 Å². The van der Waals surface area contributed by atoms with E-state index in [4.69, 9.17) is 9.84 Å². The Morgan fingerprint density at radius 2 is 1.90 bits per heavy atom. The Bertz CT molecular complexity index is 455. The van der Waals surface area contributed by atoms with E-state index in [1.165, 1.54) is 6.92 Å². The molecule has 5 heteroatoms. The van der Waals surface area contributed by atoms with Gasteiger partial charge in [-0.05, 0) is 37.0 Å².